The Morgan fingerprint density at radius 2 is 2.00 bits per heavy atom. The molecule has 110 valence electrons. The van der Waals surface area contributed by atoms with Crippen molar-refractivity contribution < 1.29 is 27.5 Å². The van der Waals surface area contributed by atoms with Crippen molar-refractivity contribution in [3.63, 3.8) is 0 Å². The second-order valence-electron chi connectivity index (χ2n) is 3.88. The maximum absolute atomic E-state index is 13.6. The Bertz CT molecular complexity index is 644. The van der Waals surface area contributed by atoms with Crippen LogP contribution in [0.15, 0.2) is 23.1 Å². The largest absolute Gasteiger partial charge is 0.478 e. The summed E-state index contributed by atoms with van der Waals surface area (Å²) in [5.74, 6) is -3.04. The van der Waals surface area contributed by atoms with Gasteiger partial charge in [-0.05, 0) is 18.2 Å². The first kappa shape index (κ1) is 16.1. The fourth-order valence-corrected chi connectivity index (χ4v) is 2.58. The second-order valence-corrected chi connectivity index (χ2v) is 5.90. The quantitative estimate of drug-likeness (QED) is 0.790. The third-order valence-corrected chi connectivity index (χ3v) is 4.33. The third-order valence-electron chi connectivity index (χ3n) is 2.51. The summed E-state index contributed by atoms with van der Waals surface area (Å²) in [6.07, 6.45) is 0. The van der Waals surface area contributed by atoms with Crippen LogP contribution in [0, 0.1) is 5.82 Å². The number of nitrogens with one attached hydrogen (secondary N) is 1. The second kappa shape index (κ2) is 5.97. The number of rotatable bonds is 5. The van der Waals surface area contributed by atoms with Crippen LogP contribution in [0.2, 0.25) is 0 Å². The van der Waals surface area contributed by atoms with E-state index in [1.165, 1.54) is 7.05 Å². The molecule has 0 fully saturated rings. The van der Waals surface area contributed by atoms with Crippen molar-refractivity contribution in [1.82, 2.24) is 9.62 Å². The van der Waals surface area contributed by atoms with E-state index in [0.717, 1.165) is 19.2 Å². The Kier molecular flexibility index (Phi) is 4.79. The van der Waals surface area contributed by atoms with Crippen molar-refractivity contribution in [2.75, 3.05) is 20.6 Å². The van der Waals surface area contributed by atoms with Crippen molar-refractivity contribution in [2.45, 2.75) is 4.90 Å². The summed E-state index contributed by atoms with van der Waals surface area (Å²) in [5.41, 5.74) is -0.363. The molecule has 0 bridgehead atoms. The molecule has 0 saturated heterocycles. The molecule has 0 unspecified atom stereocenters. The predicted octanol–water partition coefficient (Wildman–Crippen LogP) is -0.110. The van der Waals surface area contributed by atoms with Gasteiger partial charge < -0.3 is 10.4 Å². The molecular weight excluding hydrogens is 291 g/mol. The van der Waals surface area contributed by atoms with E-state index in [4.69, 9.17) is 5.11 Å². The number of aromatic carboxylic acids is 1. The highest BCUT2D eigenvalue weighted by Crippen LogP contribution is 2.20. The Balaban J connectivity index is 3.24. The fraction of sp³-hybridized carbons (Fsp3) is 0.273. The zero-order chi connectivity index (χ0) is 15.5. The van der Waals surface area contributed by atoms with Gasteiger partial charge in [-0.2, -0.15) is 4.31 Å². The normalized spacial score (nSPS) is 11.4. The van der Waals surface area contributed by atoms with Gasteiger partial charge in [-0.15, -0.1) is 0 Å². The molecule has 0 atom stereocenters. The molecule has 0 radical (unpaired) electrons. The number of sulfonamides is 1. The van der Waals surface area contributed by atoms with Gasteiger partial charge in [0.05, 0.1) is 12.1 Å². The predicted molar refractivity (Wildman–Crippen MR) is 67.2 cm³/mol. The number of benzene rings is 1. The smallest absolute Gasteiger partial charge is 0.335 e. The Hall–Kier alpha value is -2.00. The van der Waals surface area contributed by atoms with E-state index < -0.39 is 39.2 Å². The highest BCUT2D eigenvalue weighted by Gasteiger charge is 2.27. The van der Waals surface area contributed by atoms with E-state index in [-0.39, 0.29) is 5.56 Å². The molecule has 0 saturated carbocycles. The lowest BCUT2D eigenvalue weighted by Gasteiger charge is -2.16. The summed E-state index contributed by atoms with van der Waals surface area (Å²) < 4.78 is 38.4. The third kappa shape index (κ3) is 3.31. The lowest BCUT2D eigenvalue weighted by Crippen LogP contribution is -2.37. The molecule has 7 nitrogen and oxygen atoms in total. The molecule has 0 aliphatic heterocycles. The van der Waals surface area contributed by atoms with Gasteiger partial charge in [-0.3, -0.25) is 4.79 Å². The van der Waals surface area contributed by atoms with Crippen LogP contribution < -0.4 is 5.32 Å². The van der Waals surface area contributed by atoms with E-state index in [2.05, 4.69) is 5.32 Å². The highest BCUT2D eigenvalue weighted by molar-refractivity contribution is 7.89. The van der Waals surface area contributed by atoms with E-state index in [9.17, 15) is 22.4 Å². The van der Waals surface area contributed by atoms with Crippen LogP contribution in [-0.4, -0.2) is 50.3 Å². The van der Waals surface area contributed by atoms with Gasteiger partial charge >= 0.3 is 5.97 Å². The van der Waals surface area contributed by atoms with Gasteiger partial charge in [0.15, 0.2) is 0 Å². The maximum Gasteiger partial charge on any atom is 0.335 e. The van der Waals surface area contributed by atoms with Gasteiger partial charge in [0.25, 0.3) is 0 Å². The molecule has 9 heteroatoms. The number of hydrogen-bond donors (Lipinski definition) is 2. The zero-order valence-electron chi connectivity index (χ0n) is 10.8. The van der Waals surface area contributed by atoms with Crippen molar-refractivity contribution in [2.24, 2.45) is 0 Å². The number of nitrogens with zero attached hydrogens (tertiary/aromatic N) is 1. The van der Waals surface area contributed by atoms with E-state index in [0.29, 0.717) is 10.4 Å². The van der Waals surface area contributed by atoms with E-state index in [1.807, 2.05) is 0 Å². The van der Waals surface area contributed by atoms with Crippen molar-refractivity contribution in [1.29, 1.82) is 0 Å². The number of halogens is 1. The Morgan fingerprint density at radius 3 is 2.50 bits per heavy atom. The molecule has 20 heavy (non-hydrogen) atoms. The number of carboxylic acids is 1. The van der Waals surface area contributed by atoms with Crippen LogP contribution >= 0.6 is 0 Å². The minimum atomic E-state index is -4.30. The number of hydrogen-bond acceptors (Lipinski definition) is 4. The topological polar surface area (TPSA) is 104 Å². The number of carboxylic acid groups (broad SMARTS) is 1. The number of carbonyl (C=O) groups excluding carboxylic acids is 1. The minimum Gasteiger partial charge on any atom is -0.478 e. The summed E-state index contributed by atoms with van der Waals surface area (Å²) in [6, 6.07) is 2.42. The fourth-order valence-electron chi connectivity index (χ4n) is 1.37. The van der Waals surface area contributed by atoms with E-state index >= 15 is 0 Å². The first-order valence-corrected chi connectivity index (χ1v) is 6.84. The van der Waals surface area contributed by atoms with Crippen molar-refractivity contribution >= 4 is 21.9 Å². The van der Waals surface area contributed by atoms with Gasteiger partial charge in [-0.1, -0.05) is 0 Å². The van der Waals surface area contributed by atoms with Crippen LogP contribution in [0.5, 0.6) is 0 Å². The summed E-state index contributed by atoms with van der Waals surface area (Å²) >= 11 is 0. The summed E-state index contributed by atoms with van der Waals surface area (Å²) in [5, 5.41) is 11.0. The van der Waals surface area contributed by atoms with Crippen molar-refractivity contribution in [3.8, 4) is 0 Å². The van der Waals surface area contributed by atoms with Crippen molar-refractivity contribution in [3.05, 3.63) is 29.6 Å². The molecule has 1 aromatic carbocycles. The molecule has 2 N–H and O–H groups in total. The monoisotopic (exact) mass is 304 g/mol. The van der Waals surface area contributed by atoms with Crippen LogP contribution in [0.1, 0.15) is 10.4 Å². The molecule has 1 rings (SSSR count). The maximum atomic E-state index is 13.6. The Morgan fingerprint density at radius 1 is 1.40 bits per heavy atom. The minimum absolute atomic E-state index is 0.363. The average molecular weight is 304 g/mol. The molecule has 1 amide bonds. The lowest BCUT2D eigenvalue weighted by molar-refractivity contribution is -0.120. The van der Waals surface area contributed by atoms with Gasteiger partial charge in [-0.25, -0.2) is 17.6 Å². The van der Waals surface area contributed by atoms with E-state index in [1.54, 1.807) is 0 Å². The molecule has 0 spiro atoms. The summed E-state index contributed by atoms with van der Waals surface area (Å²) in [4.78, 5) is 21.2. The average Bonchev–Trinajstić information content (AvgIpc) is 2.38. The van der Waals surface area contributed by atoms with Crippen LogP contribution in [0.3, 0.4) is 0 Å². The molecule has 0 aliphatic carbocycles. The molecule has 0 aromatic heterocycles. The van der Waals surface area contributed by atoms with Crippen LogP contribution in [0.25, 0.3) is 0 Å². The van der Waals surface area contributed by atoms with Crippen LogP contribution in [-0.2, 0) is 14.8 Å². The van der Waals surface area contributed by atoms with Gasteiger partial charge in [0, 0.05) is 14.1 Å². The van der Waals surface area contributed by atoms with Gasteiger partial charge in [0.2, 0.25) is 15.9 Å². The number of amides is 1. The number of likely N-dealkylation sites (N-methyl/N-ethyl adjacent to an activating group) is 2. The zero-order valence-corrected chi connectivity index (χ0v) is 11.6. The van der Waals surface area contributed by atoms with Gasteiger partial charge in [0.1, 0.15) is 10.7 Å². The first-order chi connectivity index (χ1) is 9.20. The molecule has 0 heterocycles. The Labute approximate surface area is 115 Å². The summed E-state index contributed by atoms with van der Waals surface area (Å²) in [6.45, 7) is -0.504. The molecule has 0 aliphatic rings. The standard InChI is InChI=1S/C11H13FN2O5S/c1-13-10(15)6-14(2)20(18,19)9-5-7(11(16)17)3-4-8(9)12/h3-5H,6H2,1-2H3,(H,13,15)(H,16,17). The lowest BCUT2D eigenvalue weighted by atomic mass is 10.2. The highest BCUT2D eigenvalue weighted by atomic mass is 32.2. The van der Waals surface area contributed by atoms with Crippen LogP contribution in [0.4, 0.5) is 4.39 Å². The number of carbonyl (C=O) groups is 2. The summed E-state index contributed by atoms with van der Waals surface area (Å²) in [7, 11) is -1.87. The SMILES string of the molecule is CNC(=O)CN(C)S(=O)(=O)c1cc(C(=O)O)ccc1F. The molecule has 1 aromatic rings. The molecular formula is C11H13FN2O5S. The first-order valence-electron chi connectivity index (χ1n) is 5.40.